The van der Waals surface area contributed by atoms with Crippen LogP contribution in [0.1, 0.15) is 22.9 Å². The fourth-order valence-corrected chi connectivity index (χ4v) is 1.98. The van der Waals surface area contributed by atoms with Crippen molar-refractivity contribution >= 4 is 0 Å². The SMILES string of the molecule is CNC(c1cccc(F)c1F)c1ncccc1C. The maximum atomic E-state index is 13.8. The molecule has 1 atom stereocenters. The van der Waals surface area contributed by atoms with Gasteiger partial charge >= 0.3 is 0 Å². The van der Waals surface area contributed by atoms with Crippen LogP contribution in [0.15, 0.2) is 36.5 Å². The lowest BCUT2D eigenvalue weighted by molar-refractivity contribution is 0.485. The van der Waals surface area contributed by atoms with Gasteiger partial charge in [0.15, 0.2) is 11.6 Å². The van der Waals surface area contributed by atoms with Gasteiger partial charge in [0, 0.05) is 11.8 Å². The number of hydrogen-bond donors (Lipinski definition) is 1. The van der Waals surface area contributed by atoms with E-state index < -0.39 is 17.7 Å². The van der Waals surface area contributed by atoms with Crippen molar-refractivity contribution in [3.8, 4) is 0 Å². The van der Waals surface area contributed by atoms with E-state index in [1.807, 2.05) is 19.1 Å². The zero-order valence-electron chi connectivity index (χ0n) is 10.2. The Morgan fingerprint density at radius 2 is 1.94 bits per heavy atom. The van der Waals surface area contributed by atoms with E-state index in [0.717, 1.165) is 11.6 Å². The van der Waals surface area contributed by atoms with Crippen LogP contribution in [-0.2, 0) is 0 Å². The summed E-state index contributed by atoms with van der Waals surface area (Å²) in [5, 5.41) is 2.97. The second kappa shape index (κ2) is 5.23. The van der Waals surface area contributed by atoms with Crippen LogP contribution in [-0.4, -0.2) is 12.0 Å². The lowest BCUT2D eigenvalue weighted by Crippen LogP contribution is -2.21. The van der Waals surface area contributed by atoms with Crippen LogP contribution in [0.25, 0.3) is 0 Å². The first kappa shape index (κ1) is 12.6. The van der Waals surface area contributed by atoms with Gasteiger partial charge in [-0.15, -0.1) is 0 Å². The Balaban J connectivity index is 2.53. The maximum Gasteiger partial charge on any atom is 0.163 e. The number of aromatic nitrogens is 1. The number of rotatable bonds is 3. The Bertz CT molecular complexity index is 555. The summed E-state index contributed by atoms with van der Waals surface area (Å²) in [6, 6.07) is 7.42. The molecule has 94 valence electrons. The van der Waals surface area contributed by atoms with Crippen molar-refractivity contribution in [2.45, 2.75) is 13.0 Å². The average Bonchev–Trinajstić information content (AvgIpc) is 2.37. The minimum atomic E-state index is -0.846. The van der Waals surface area contributed by atoms with Crippen molar-refractivity contribution < 1.29 is 8.78 Å². The van der Waals surface area contributed by atoms with E-state index in [1.54, 1.807) is 19.3 Å². The van der Waals surface area contributed by atoms with Gasteiger partial charge in [0.25, 0.3) is 0 Å². The van der Waals surface area contributed by atoms with E-state index in [0.29, 0.717) is 5.69 Å². The van der Waals surface area contributed by atoms with Gasteiger partial charge in [0.05, 0.1) is 11.7 Å². The molecule has 2 nitrogen and oxygen atoms in total. The van der Waals surface area contributed by atoms with Crippen molar-refractivity contribution in [3.05, 3.63) is 65.0 Å². The first-order valence-electron chi connectivity index (χ1n) is 5.68. The summed E-state index contributed by atoms with van der Waals surface area (Å²) in [6.45, 7) is 1.89. The highest BCUT2D eigenvalue weighted by molar-refractivity contribution is 5.33. The first-order valence-corrected chi connectivity index (χ1v) is 5.68. The molecule has 1 heterocycles. The van der Waals surface area contributed by atoms with Gasteiger partial charge in [0.1, 0.15) is 0 Å². The summed E-state index contributed by atoms with van der Waals surface area (Å²) in [5.41, 5.74) is 1.89. The van der Waals surface area contributed by atoms with Crippen molar-refractivity contribution in [1.82, 2.24) is 10.3 Å². The van der Waals surface area contributed by atoms with Crippen molar-refractivity contribution in [2.24, 2.45) is 0 Å². The van der Waals surface area contributed by atoms with Crippen LogP contribution in [0, 0.1) is 18.6 Å². The molecule has 1 N–H and O–H groups in total. The molecule has 0 aliphatic heterocycles. The molecule has 0 aliphatic rings. The number of nitrogens with zero attached hydrogens (tertiary/aromatic N) is 1. The highest BCUT2D eigenvalue weighted by atomic mass is 19.2. The summed E-state index contributed by atoms with van der Waals surface area (Å²) in [7, 11) is 1.70. The largest absolute Gasteiger partial charge is 0.308 e. The maximum absolute atomic E-state index is 13.8. The van der Waals surface area contributed by atoms with Crippen molar-refractivity contribution in [2.75, 3.05) is 7.05 Å². The fraction of sp³-hybridized carbons (Fsp3) is 0.214. The molecule has 0 fully saturated rings. The molecule has 0 saturated heterocycles. The van der Waals surface area contributed by atoms with E-state index in [4.69, 9.17) is 0 Å². The molecule has 2 rings (SSSR count). The van der Waals surface area contributed by atoms with Crippen LogP contribution in [0.5, 0.6) is 0 Å². The molecule has 2 aromatic rings. The molecular weight excluding hydrogens is 234 g/mol. The van der Waals surface area contributed by atoms with Gasteiger partial charge in [-0.25, -0.2) is 8.78 Å². The van der Waals surface area contributed by atoms with Gasteiger partial charge in [-0.1, -0.05) is 18.2 Å². The van der Waals surface area contributed by atoms with E-state index in [-0.39, 0.29) is 5.56 Å². The van der Waals surface area contributed by atoms with E-state index >= 15 is 0 Å². The highest BCUT2D eigenvalue weighted by Crippen LogP contribution is 2.25. The van der Waals surface area contributed by atoms with Crippen LogP contribution in [0.2, 0.25) is 0 Å². The number of pyridine rings is 1. The molecule has 0 bridgehead atoms. The minimum absolute atomic E-state index is 0.263. The van der Waals surface area contributed by atoms with Gasteiger partial charge in [-0.2, -0.15) is 0 Å². The molecule has 4 heteroatoms. The van der Waals surface area contributed by atoms with Crippen LogP contribution in [0.4, 0.5) is 8.78 Å². The summed E-state index contributed by atoms with van der Waals surface area (Å²) < 4.78 is 27.1. The van der Waals surface area contributed by atoms with E-state index in [9.17, 15) is 8.78 Å². The topological polar surface area (TPSA) is 24.9 Å². The third-order valence-corrected chi connectivity index (χ3v) is 2.90. The predicted octanol–water partition coefficient (Wildman–Crippen LogP) is 2.98. The van der Waals surface area contributed by atoms with Gasteiger partial charge in [-0.05, 0) is 31.7 Å². The summed E-state index contributed by atoms with van der Waals surface area (Å²) in [5.74, 6) is -1.68. The normalized spacial score (nSPS) is 12.4. The summed E-state index contributed by atoms with van der Waals surface area (Å²) >= 11 is 0. The number of nitrogens with one attached hydrogen (secondary N) is 1. The Hall–Kier alpha value is -1.81. The molecule has 1 unspecified atom stereocenters. The zero-order valence-corrected chi connectivity index (χ0v) is 10.2. The second-order valence-electron chi connectivity index (χ2n) is 4.07. The Kier molecular flexibility index (Phi) is 3.67. The van der Waals surface area contributed by atoms with Gasteiger partial charge < -0.3 is 5.32 Å². The Labute approximate surface area is 105 Å². The first-order chi connectivity index (χ1) is 8.65. The summed E-state index contributed by atoms with van der Waals surface area (Å²) in [6.07, 6.45) is 1.64. The standard InChI is InChI=1S/C14H14F2N2/c1-9-5-4-8-18-13(9)14(17-2)10-6-3-7-11(15)12(10)16/h3-8,14,17H,1-2H3. The van der Waals surface area contributed by atoms with Crippen LogP contribution < -0.4 is 5.32 Å². The molecule has 1 aromatic carbocycles. The third kappa shape index (κ3) is 2.24. The van der Waals surface area contributed by atoms with E-state index in [2.05, 4.69) is 10.3 Å². The number of hydrogen-bond acceptors (Lipinski definition) is 2. The quantitative estimate of drug-likeness (QED) is 0.903. The number of halogens is 2. The van der Waals surface area contributed by atoms with Crippen LogP contribution >= 0.6 is 0 Å². The molecule has 18 heavy (non-hydrogen) atoms. The fourth-order valence-electron chi connectivity index (χ4n) is 1.98. The monoisotopic (exact) mass is 248 g/mol. The molecular formula is C14H14F2N2. The lowest BCUT2D eigenvalue weighted by Gasteiger charge is -2.18. The minimum Gasteiger partial charge on any atom is -0.308 e. The Morgan fingerprint density at radius 1 is 1.17 bits per heavy atom. The van der Waals surface area contributed by atoms with Crippen LogP contribution in [0.3, 0.4) is 0 Å². The zero-order chi connectivity index (χ0) is 13.1. The highest BCUT2D eigenvalue weighted by Gasteiger charge is 2.20. The summed E-state index contributed by atoms with van der Waals surface area (Å²) in [4.78, 5) is 4.24. The van der Waals surface area contributed by atoms with Crippen molar-refractivity contribution in [3.63, 3.8) is 0 Å². The number of aryl methyl sites for hydroxylation is 1. The predicted molar refractivity (Wildman–Crippen MR) is 66.2 cm³/mol. The molecule has 0 spiro atoms. The smallest absolute Gasteiger partial charge is 0.163 e. The third-order valence-electron chi connectivity index (χ3n) is 2.90. The molecule has 0 aliphatic carbocycles. The molecule has 1 aromatic heterocycles. The molecule has 0 saturated carbocycles. The van der Waals surface area contributed by atoms with Gasteiger partial charge in [-0.3, -0.25) is 4.98 Å². The molecule has 0 amide bonds. The Morgan fingerprint density at radius 3 is 2.61 bits per heavy atom. The second-order valence-corrected chi connectivity index (χ2v) is 4.07. The lowest BCUT2D eigenvalue weighted by atomic mass is 9.99. The molecule has 0 radical (unpaired) electrons. The average molecular weight is 248 g/mol. The van der Waals surface area contributed by atoms with Gasteiger partial charge in [0.2, 0.25) is 0 Å². The van der Waals surface area contributed by atoms with Crippen molar-refractivity contribution in [1.29, 1.82) is 0 Å². The van der Waals surface area contributed by atoms with E-state index in [1.165, 1.54) is 6.07 Å². The number of benzene rings is 1.